The van der Waals surface area contributed by atoms with Crippen LogP contribution >= 0.6 is 0 Å². The highest BCUT2D eigenvalue weighted by atomic mass is 16.5. The Balaban J connectivity index is 3.19. The molecule has 0 aromatic carbocycles. The van der Waals surface area contributed by atoms with Crippen LogP contribution < -0.4 is 5.73 Å². The molecule has 0 heterocycles. The van der Waals surface area contributed by atoms with E-state index in [1.54, 1.807) is 7.11 Å². The van der Waals surface area contributed by atoms with Gasteiger partial charge < -0.3 is 15.4 Å². The van der Waals surface area contributed by atoms with Crippen molar-refractivity contribution in [3.8, 4) is 0 Å². The minimum Gasteiger partial charge on any atom is -0.388 e. The molecule has 0 fully saturated rings. The van der Waals surface area contributed by atoms with E-state index in [9.17, 15) is 0 Å². The predicted molar refractivity (Wildman–Crippen MR) is 55.1 cm³/mol. The maximum atomic E-state index is 7.06. The molecule has 0 radical (unpaired) electrons. The molecule has 0 saturated carbocycles. The van der Waals surface area contributed by atoms with E-state index in [4.69, 9.17) is 15.9 Å². The van der Waals surface area contributed by atoms with Gasteiger partial charge in [0.05, 0.1) is 5.84 Å². The topological polar surface area (TPSA) is 62.3 Å². The lowest BCUT2D eigenvalue weighted by molar-refractivity contribution is 0.187. The summed E-state index contributed by atoms with van der Waals surface area (Å²) < 4.78 is 4.95. The molecule has 0 rings (SSSR count). The molecule has 0 aromatic heterocycles. The molecule has 0 aliphatic carbocycles. The molecule has 0 spiro atoms. The molecule has 0 bridgehead atoms. The van der Waals surface area contributed by atoms with Crippen molar-refractivity contribution in [3.05, 3.63) is 0 Å². The van der Waals surface area contributed by atoms with Crippen molar-refractivity contribution in [2.75, 3.05) is 33.9 Å². The van der Waals surface area contributed by atoms with Crippen LogP contribution in [-0.2, 0) is 4.74 Å². The molecule has 0 atom stereocenters. The molecule has 0 unspecified atom stereocenters. The maximum absolute atomic E-state index is 7.06. The van der Waals surface area contributed by atoms with Crippen LogP contribution in [0.4, 0.5) is 0 Å². The molecule has 3 N–H and O–H groups in total. The van der Waals surface area contributed by atoms with Crippen molar-refractivity contribution in [2.24, 2.45) is 5.73 Å². The van der Waals surface area contributed by atoms with Crippen LogP contribution in [0.5, 0.6) is 0 Å². The predicted octanol–water partition coefficient (Wildman–Crippen LogP) is 0.671. The van der Waals surface area contributed by atoms with Gasteiger partial charge in [-0.25, -0.2) is 0 Å². The number of rotatable bonds is 8. The van der Waals surface area contributed by atoms with Gasteiger partial charge in [0.15, 0.2) is 0 Å². The highest BCUT2D eigenvalue weighted by Crippen LogP contribution is 1.94. The first kappa shape index (κ1) is 12.4. The third kappa shape index (κ3) is 9.30. The largest absolute Gasteiger partial charge is 0.388 e. The van der Waals surface area contributed by atoms with Crippen LogP contribution in [0.1, 0.15) is 19.3 Å². The summed E-state index contributed by atoms with van der Waals surface area (Å²) in [5, 5.41) is 7.06. The molecule has 0 amide bonds. The van der Waals surface area contributed by atoms with Gasteiger partial charge in [-0.15, -0.1) is 0 Å². The molecule has 4 nitrogen and oxygen atoms in total. The van der Waals surface area contributed by atoms with Gasteiger partial charge in [0.25, 0.3) is 0 Å². The average molecular weight is 187 g/mol. The quantitative estimate of drug-likeness (QED) is 0.333. The van der Waals surface area contributed by atoms with Gasteiger partial charge in [-0.05, 0) is 26.4 Å². The van der Waals surface area contributed by atoms with E-state index in [-0.39, 0.29) is 5.84 Å². The average Bonchev–Trinajstić information content (AvgIpc) is 2.09. The Kier molecular flexibility index (Phi) is 7.63. The first-order valence-electron chi connectivity index (χ1n) is 4.67. The van der Waals surface area contributed by atoms with E-state index in [1.165, 1.54) is 0 Å². The van der Waals surface area contributed by atoms with Gasteiger partial charge in [-0.2, -0.15) is 0 Å². The monoisotopic (exact) mass is 187 g/mol. The summed E-state index contributed by atoms with van der Waals surface area (Å²) in [7, 11) is 3.77. The third-order valence-electron chi connectivity index (χ3n) is 1.90. The number of amidine groups is 1. The lowest BCUT2D eigenvalue weighted by atomic mass is 10.3. The summed E-state index contributed by atoms with van der Waals surface area (Å²) in [6, 6.07) is 0. The molecule has 4 heteroatoms. The smallest absolute Gasteiger partial charge is 0.0918 e. The van der Waals surface area contributed by atoms with E-state index in [0.29, 0.717) is 6.42 Å². The summed E-state index contributed by atoms with van der Waals surface area (Å²) in [5.41, 5.74) is 5.25. The summed E-state index contributed by atoms with van der Waals surface area (Å²) in [6.07, 6.45) is 2.91. The fraction of sp³-hybridized carbons (Fsp3) is 0.889. The van der Waals surface area contributed by atoms with E-state index in [1.807, 2.05) is 0 Å². The molecular formula is C9H21N3O. The first-order chi connectivity index (χ1) is 6.16. The highest BCUT2D eigenvalue weighted by molar-refractivity contribution is 5.76. The zero-order chi connectivity index (χ0) is 10.1. The van der Waals surface area contributed by atoms with Gasteiger partial charge in [0.2, 0.25) is 0 Å². The van der Waals surface area contributed by atoms with Gasteiger partial charge in [-0.1, -0.05) is 0 Å². The van der Waals surface area contributed by atoms with Crippen molar-refractivity contribution in [1.29, 1.82) is 5.41 Å². The van der Waals surface area contributed by atoms with Crippen molar-refractivity contribution in [1.82, 2.24) is 4.90 Å². The van der Waals surface area contributed by atoms with E-state index < -0.39 is 0 Å². The van der Waals surface area contributed by atoms with Gasteiger partial charge in [0, 0.05) is 26.7 Å². The second kappa shape index (κ2) is 8.01. The summed E-state index contributed by atoms with van der Waals surface area (Å²) in [5.74, 6) is 0.267. The Morgan fingerprint density at radius 1 is 1.38 bits per heavy atom. The first-order valence-corrected chi connectivity index (χ1v) is 4.67. The Morgan fingerprint density at radius 3 is 2.62 bits per heavy atom. The van der Waals surface area contributed by atoms with E-state index in [2.05, 4.69) is 11.9 Å². The second-order valence-electron chi connectivity index (χ2n) is 3.28. The summed E-state index contributed by atoms with van der Waals surface area (Å²) >= 11 is 0. The minimum absolute atomic E-state index is 0.267. The van der Waals surface area contributed by atoms with Crippen LogP contribution in [0.3, 0.4) is 0 Å². The summed E-state index contributed by atoms with van der Waals surface area (Å²) in [6.45, 7) is 2.76. The number of hydrogen-bond acceptors (Lipinski definition) is 3. The van der Waals surface area contributed by atoms with Gasteiger partial charge >= 0.3 is 0 Å². The standard InChI is InChI=1S/C9H21N3O/c1-12(7-5-9(10)11)6-3-4-8-13-2/h3-8H2,1-2H3,(H3,10,11). The molecule has 13 heavy (non-hydrogen) atoms. The molecule has 0 aromatic rings. The minimum atomic E-state index is 0.267. The zero-order valence-electron chi connectivity index (χ0n) is 8.68. The molecule has 78 valence electrons. The fourth-order valence-corrected chi connectivity index (χ4v) is 1.05. The van der Waals surface area contributed by atoms with Crippen molar-refractivity contribution in [3.63, 3.8) is 0 Å². The normalized spacial score (nSPS) is 10.7. The highest BCUT2D eigenvalue weighted by Gasteiger charge is 1.98. The van der Waals surface area contributed by atoms with Crippen LogP contribution in [0.15, 0.2) is 0 Å². The van der Waals surface area contributed by atoms with Crippen LogP contribution in [0, 0.1) is 5.41 Å². The molecule has 0 aliphatic heterocycles. The Bertz CT molecular complexity index is 139. The van der Waals surface area contributed by atoms with E-state index in [0.717, 1.165) is 32.5 Å². The van der Waals surface area contributed by atoms with Gasteiger partial charge in [0.1, 0.15) is 0 Å². The number of unbranched alkanes of at least 4 members (excludes halogenated alkanes) is 1. The van der Waals surface area contributed by atoms with Crippen LogP contribution in [0.25, 0.3) is 0 Å². The SMILES string of the molecule is COCCCCN(C)CCC(=N)N. The third-order valence-corrected chi connectivity index (χ3v) is 1.90. The zero-order valence-corrected chi connectivity index (χ0v) is 8.68. The number of nitrogens with zero attached hydrogens (tertiary/aromatic N) is 1. The second-order valence-corrected chi connectivity index (χ2v) is 3.28. The molecule has 0 saturated heterocycles. The van der Waals surface area contributed by atoms with Gasteiger partial charge in [-0.3, -0.25) is 5.41 Å². The number of hydrogen-bond donors (Lipinski definition) is 2. The van der Waals surface area contributed by atoms with E-state index >= 15 is 0 Å². The Hall–Kier alpha value is -0.610. The number of nitrogens with two attached hydrogens (primary N) is 1. The Labute approximate surface area is 80.6 Å². The Morgan fingerprint density at radius 2 is 2.08 bits per heavy atom. The van der Waals surface area contributed by atoms with Crippen molar-refractivity contribution < 1.29 is 4.74 Å². The van der Waals surface area contributed by atoms with Crippen LogP contribution in [-0.4, -0.2) is 44.6 Å². The van der Waals surface area contributed by atoms with Crippen molar-refractivity contribution in [2.45, 2.75) is 19.3 Å². The molecule has 0 aliphatic rings. The molecular weight excluding hydrogens is 166 g/mol. The van der Waals surface area contributed by atoms with Crippen molar-refractivity contribution >= 4 is 5.84 Å². The lowest BCUT2D eigenvalue weighted by Gasteiger charge is -2.15. The fourth-order valence-electron chi connectivity index (χ4n) is 1.05. The number of methoxy groups -OCH3 is 1. The lowest BCUT2D eigenvalue weighted by Crippen LogP contribution is -2.25. The number of nitrogens with one attached hydrogen (secondary N) is 1. The maximum Gasteiger partial charge on any atom is 0.0918 e. The number of ether oxygens (including phenoxy) is 1. The summed E-state index contributed by atoms with van der Waals surface area (Å²) in [4.78, 5) is 2.19. The van der Waals surface area contributed by atoms with Crippen LogP contribution in [0.2, 0.25) is 0 Å².